The van der Waals surface area contributed by atoms with Crippen LogP contribution in [0.1, 0.15) is 59.1 Å². The summed E-state index contributed by atoms with van der Waals surface area (Å²) in [5, 5.41) is 7.56. The average Bonchev–Trinajstić information content (AvgIpc) is 3.21. The maximum absolute atomic E-state index is 12.5. The normalized spacial score (nSPS) is 11.5. The fourth-order valence-corrected chi connectivity index (χ4v) is 3.38. The molecule has 0 aliphatic heterocycles. The van der Waals surface area contributed by atoms with Gasteiger partial charge in [0, 0.05) is 36.4 Å². The third kappa shape index (κ3) is 6.04. The molecule has 0 aliphatic carbocycles. The Kier molecular flexibility index (Phi) is 7.80. The number of carbonyl (C=O) groups is 1. The van der Waals surface area contributed by atoms with Crippen molar-refractivity contribution in [1.82, 2.24) is 15.5 Å². The van der Waals surface area contributed by atoms with Gasteiger partial charge in [0.05, 0.1) is 0 Å². The fraction of sp³-hybridized carbons (Fsp3) is 0.292. The molecular weight excluding hydrogens is 398 g/mol. The van der Waals surface area contributed by atoms with E-state index < -0.39 is 0 Å². The second-order valence-electron chi connectivity index (χ2n) is 7.19. The second-order valence-corrected chi connectivity index (χ2v) is 7.63. The molecule has 1 amide bonds. The van der Waals surface area contributed by atoms with E-state index in [0.29, 0.717) is 30.2 Å². The number of rotatable bonds is 9. The van der Waals surface area contributed by atoms with E-state index in [1.807, 2.05) is 30.3 Å². The SMILES string of the molecule is CCC/C=C(/CCNC(=O)c1cc(Cc2ccncc2)on1)c1cc(Cl)ccc1C. The molecule has 3 aromatic rings. The topological polar surface area (TPSA) is 68.0 Å². The molecule has 2 aromatic heterocycles. The number of pyridine rings is 1. The molecule has 0 atom stereocenters. The van der Waals surface area contributed by atoms with Crippen molar-refractivity contribution in [2.75, 3.05) is 6.54 Å². The standard InChI is InChI=1S/C24H26ClN3O2/c1-3-4-5-19(22-15-20(25)7-6-17(22)2)10-13-27-24(29)23-16-21(30-28-23)14-18-8-11-26-12-9-18/h5-9,11-12,15-16H,3-4,10,13-14H2,1-2H3,(H,27,29)/b19-5-. The molecule has 0 radical (unpaired) electrons. The van der Waals surface area contributed by atoms with E-state index in [9.17, 15) is 4.79 Å². The van der Waals surface area contributed by atoms with Crippen LogP contribution < -0.4 is 5.32 Å². The summed E-state index contributed by atoms with van der Waals surface area (Å²) in [7, 11) is 0. The van der Waals surface area contributed by atoms with Crippen LogP contribution in [-0.2, 0) is 6.42 Å². The number of carbonyl (C=O) groups excluding carboxylic acids is 1. The molecule has 0 fully saturated rings. The van der Waals surface area contributed by atoms with Crippen molar-refractivity contribution >= 4 is 23.1 Å². The van der Waals surface area contributed by atoms with Crippen LogP contribution in [0.3, 0.4) is 0 Å². The number of hydrogen-bond acceptors (Lipinski definition) is 4. The molecular formula is C24H26ClN3O2. The Bertz CT molecular complexity index is 1010. The first-order valence-electron chi connectivity index (χ1n) is 10.1. The Balaban J connectivity index is 1.60. The zero-order valence-electron chi connectivity index (χ0n) is 17.3. The molecule has 0 saturated carbocycles. The third-order valence-electron chi connectivity index (χ3n) is 4.82. The van der Waals surface area contributed by atoms with Gasteiger partial charge in [-0.25, -0.2) is 0 Å². The molecule has 0 unspecified atom stereocenters. The van der Waals surface area contributed by atoms with Gasteiger partial charge in [-0.2, -0.15) is 0 Å². The first-order chi connectivity index (χ1) is 14.6. The van der Waals surface area contributed by atoms with Crippen molar-refractivity contribution in [2.24, 2.45) is 0 Å². The summed E-state index contributed by atoms with van der Waals surface area (Å²) in [5.41, 5.74) is 4.83. The number of allylic oxidation sites excluding steroid dienone is 1. The number of aromatic nitrogens is 2. The van der Waals surface area contributed by atoms with Crippen LogP contribution in [-0.4, -0.2) is 22.6 Å². The van der Waals surface area contributed by atoms with Crippen molar-refractivity contribution in [2.45, 2.75) is 39.5 Å². The lowest BCUT2D eigenvalue weighted by molar-refractivity contribution is 0.0945. The molecule has 2 heterocycles. The largest absolute Gasteiger partial charge is 0.360 e. The summed E-state index contributed by atoms with van der Waals surface area (Å²) >= 11 is 6.20. The number of nitrogens with zero attached hydrogens (tertiary/aromatic N) is 2. The molecule has 156 valence electrons. The monoisotopic (exact) mass is 423 g/mol. The van der Waals surface area contributed by atoms with Crippen LogP contribution in [0.15, 0.2) is 59.4 Å². The van der Waals surface area contributed by atoms with Crippen molar-refractivity contribution < 1.29 is 9.32 Å². The minimum atomic E-state index is -0.239. The number of benzene rings is 1. The van der Waals surface area contributed by atoms with Crippen molar-refractivity contribution in [3.63, 3.8) is 0 Å². The number of nitrogens with one attached hydrogen (secondary N) is 1. The van der Waals surface area contributed by atoms with E-state index in [1.165, 1.54) is 11.1 Å². The van der Waals surface area contributed by atoms with Crippen molar-refractivity contribution in [3.8, 4) is 0 Å². The molecule has 0 spiro atoms. The van der Waals surface area contributed by atoms with Gasteiger partial charge in [0.1, 0.15) is 5.76 Å². The minimum Gasteiger partial charge on any atom is -0.360 e. The Hall–Kier alpha value is -2.92. The van der Waals surface area contributed by atoms with E-state index in [4.69, 9.17) is 16.1 Å². The van der Waals surface area contributed by atoms with Gasteiger partial charge in [-0.3, -0.25) is 9.78 Å². The number of unbranched alkanes of at least 4 members (excludes halogenated alkanes) is 1. The van der Waals surface area contributed by atoms with Gasteiger partial charge in [-0.05, 0) is 66.3 Å². The van der Waals surface area contributed by atoms with E-state index in [1.54, 1.807) is 18.5 Å². The lowest BCUT2D eigenvalue weighted by Crippen LogP contribution is -2.25. The van der Waals surface area contributed by atoms with E-state index >= 15 is 0 Å². The Morgan fingerprint density at radius 1 is 1.20 bits per heavy atom. The summed E-state index contributed by atoms with van der Waals surface area (Å²) < 4.78 is 5.31. The quantitative estimate of drug-likeness (QED) is 0.484. The zero-order chi connectivity index (χ0) is 21.3. The summed E-state index contributed by atoms with van der Waals surface area (Å²) in [5.74, 6) is 0.404. The van der Waals surface area contributed by atoms with Gasteiger partial charge in [-0.15, -0.1) is 0 Å². The lowest BCUT2D eigenvalue weighted by Gasteiger charge is -2.12. The van der Waals surface area contributed by atoms with Gasteiger partial charge in [-0.1, -0.05) is 42.2 Å². The van der Waals surface area contributed by atoms with Crippen LogP contribution in [0.2, 0.25) is 5.02 Å². The van der Waals surface area contributed by atoms with Gasteiger partial charge in [0.15, 0.2) is 5.69 Å². The molecule has 30 heavy (non-hydrogen) atoms. The molecule has 0 bridgehead atoms. The number of aryl methyl sites for hydroxylation is 1. The highest BCUT2D eigenvalue weighted by Gasteiger charge is 2.13. The Morgan fingerprint density at radius 2 is 2.00 bits per heavy atom. The van der Waals surface area contributed by atoms with Gasteiger partial charge >= 0.3 is 0 Å². The molecule has 0 aliphatic rings. The first-order valence-corrected chi connectivity index (χ1v) is 10.5. The second kappa shape index (κ2) is 10.7. The highest BCUT2D eigenvalue weighted by molar-refractivity contribution is 6.30. The van der Waals surface area contributed by atoms with Crippen LogP contribution in [0.5, 0.6) is 0 Å². The highest BCUT2D eigenvalue weighted by Crippen LogP contribution is 2.26. The molecule has 6 heteroatoms. The van der Waals surface area contributed by atoms with Gasteiger partial charge in [0.2, 0.25) is 0 Å². The highest BCUT2D eigenvalue weighted by atomic mass is 35.5. The van der Waals surface area contributed by atoms with Gasteiger partial charge < -0.3 is 9.84 Å². The van der Waals surface area contributed by atoms with Crippen LogP contribution in [0.25, 0.3) is 5.57 Å². The summed E-state index contributed by atoms with van der Waals surface area (Å²) in [6.07, 6.45) is 9.02. The maximum Gasteiger partial charge on any atom is 0.273 e. The smallest absolute Gasteiger partial charge is 0.273 e. The maximum atomic E-state index is 12.5. The Labute approximate surface area is 182 Å². The number of hydrogen-bond donors (Lipinski definition) is 1. The lowest BCUT2D eigenvalue weighted by atomic mass is 9.96. The minimum absolute atomic E-state index is 0.239. The molecule has 1 aromatic carbocycles. The third-order valence-corrected chi connectivity index (χ3v) is 5.06. The van der Waals surface area contributed by atoms with Crippen LogP contribution in [0, 0.1) is 6.92 Å². The van der Waals surface area contributed by atoms with Crippen LogP contribution >= 0.6 is 11.6 Å². The summed E-state index contributed by atoms with van der Waals surface area (Å²) in [6.45, 7) is 4.73. The zero-order valence-corrected chi connectivity index (χ0v) is 18.1. The van der Waals surface area contributed by atoms with Crippen molar-refractivity contribution in [1.29, 1.82) is 0 Å². The summed E-state index contributed by atoms with van der Waals surface area (Å²) in [4.78, 5) is 16.5. The molecule has 5 nitrogen and oxygen atoms in total. The predicted molar refractivity (Wildman–Crippen MR) is 120 cm³/mol. The Morgan fingerprint density at radius 3 is 2.77 bits per heavy atom. The predicted octanol–water partition coefficient (Wildman–Crippen LogP) is 5.63. The first kappa shape index (κ1) is 21.8. The molecule has 1 N–H and O–H groups in total. The number of amides is 1. The molecule has 3 rings (SSSR count). The van der Waals surface area contributed by atoms with E-state index in [0.717, 1.165) is 24.0 Å². The average molecular weight is 424 g/mol. The van der Waals surface area contributed by atoms with E-state index in [2.05, 4.69) is 35.4 Å². The van der Waals surface area contributed by atoms with Crippen LogP contribution in [0.4, 0.5) is 0 Å². The fourth-order valence-electron chi connectivity index (χ4n) is 3.21. The van der Waals surface area contributed by atoms with Crippen molar-refractivity contribution in [3.05, 3.63) is 88.0 Å². The van der Waals surface area contributed by atoms with E-state index in [-0.39, 0.29) is 11.6 Å². The summed E-state index contributed by atoms with van der Waals surface area (Å²) in [6, 6.07) is 11.4. The number of halogens is 1. The van der Waals surface area contributed by atoms with Gasteiger partial charge in [0.25, 0.3) is 5.91 Å². The molecule has 0 saturated heterocycles.